The Bertz CT molecular complexity index is 427. The maximum Gasteiger partial charge on any atom is 0.191 e. The molecular formula is C15H26IN3O2. The number of benzene rings is 1. The average Bonchev–Trinajstić information content (AvgIpc) is 2.46. The van der Waals surface area contributed by atoms with Crippen molar-refractivity contribution in [3.8, 4) is 5.75 Å². The van der Waals surface area contributed by atoms with Crippen LogP contribution in [-0.2, 0) is 11.2 Å². The molecule has 120 valence electrons. The van der Waals surface area contributed by atoms with Gasteiger partial charge in [0.25, 0.3) is 0 Å². The summed E-state index contributed by atoms with van der Waals surface area (Å²) in [5.41, 5.74) is 1.23. The van der Waals surface area contributed by atoms with Gasteiger partial charge in [0.15, 0.2) is 5.96 Å². The zero-order valence-electron chi connectivity index (χ0n) is 13.2. The molecule has 0 saturated carbocycles. The molecule has 0 saturated heterocycles. The number of hydrogen-bond donors (Lipinski definition) is 2. The van der Waals surface area contributed by atoms with E-state index in [1.807, 2.05) is 18.2 Å². The van der Waals surface area contributed by atoms with Crippen LogP contribution in [0, 0.1) is 0 Å². The lowest BCUT2D eigenvalue weighted by molar-refractivity contribution is 0.179. The fraction of sp³-hybridized carbons (Fsp3) is 0.533. The SMILES string of the molecule is CN=C(NCCc1cccc(OC)c1)NC(C)COC.I. The Hall–Kier alpha value is -1.02. The Morgan fingerprint density at radius 1 is 1.33 bits per heavy atom. The van der Waals surface area contributed by atoms with Crippen molar-refractivity contribution in [1.82, 2.24) is 10.6 Å². The van der Waals surface area contributed by atoms with E-state index in [1.54, 1.807) is 21.3 Å². The molecule has 0 fully saturated rings. The molecule has 1 unspecified atom stereocenters. The predicted molar refractivity (Wildman–Crippen MR) is 97.9 cm³/mol. The molecule has 5 nitrogen and oxygen atoms in total. The van der Waals surface area contributed by atoms with E-state index in [4.69, 9.17) is 9.47 Å². The third-order valence-electron chi connectivity index (χ3n) is 2.86. The summed E-state index contributed by atoms with van der Waals surface area (Å²) >= 11 is 0. The predicted octanol–water partition coefficient (Wildman–Crippen LogP) is 2.06. The van der Waals surface area contributed by atoms with Crippen LogP contribution >= 0.6 is 24.0 Å². The highest BCUT2D eigenvalue weighted by molar-refractivity contribution is 14.0. The Kier molecular flexibility index (Phi) is 11.1. The number of hydrogen-bond acceptors (Lipinski definition) is 3. The lowest BCUT2D eigenvalue weighted by Gasteiger charge is -2.17. The number of aliphatic imine (C=N–C) groups is 1. The van der Waals surface area contributed by atoms with Crippen LogP contribution in [0.3, 0.4) is 0 Å². The van der Waals surface area contributed by atoms with Crippen LogP contribution in [0.4, 0.5) is 0 Å². The Balaban J connectivity index is 0.00000400. The van der Waals surface area contributed by atoms with Gasteiger partial charge in [-0.15, -0.1) is 24.0 Å². The molecular weight excluding hydrogens is 381 g/mol. The third kappa shape index (κ3) is 8.11. The van der Waals surface area contributed by atoms with Crippen LogP contribution in [0.1, 0.15) is 12.5 Å². The van der Waals surface area contributed by atoms with Crippen molar-refractivity contribution < 1.29 is 9.47 Å². The van der Waals surface area contributed by atoms with Gasteiger partial charge in [-0.25, -0.2) is 0 Å². The van der Waals surface area contributed by atoms with Crippen molar-refractivity contribution >= 4 is 29.9 Å². The van der Waals surface area contributed by atoms with E-state index in [-0.39, 0.29) is 30.0 Å². The van der Waals surface area contributed by atoms with Gasteiger partial charge in [-0.2, -0.15) is 0 Å². The minimum Gasteiger partial charge on any atom is -0.497 e. The maximum atomic E-state index is 5.21. The number of halogens is 1. The van der Waals surface area contributed by atoms with Crippen LogP contribution in [0.15, 0.2) is 29.3 Å². The highest BCUT2D eigenvalue weighted by atomic mass is 127. The normalized spacial score (nSPS) is 12.3. The van der Waals surface area contributed by atoms with Crippen molar-refractivity contribution in [3.05, 3.63) is 29.8 Å². The molecule has 1 atom stereocenters. The zero-order valence-corrected chi connectivity index (χ0v) is 15.5. The minimum absolute atomic E-state index is 0. The monoisotopic (exact) mass is 407 g/mol. The van der Waals surface area contributed by atoms with Crippen molar-refractivity contribution in [2.45, 2.75) is 19.4 Å². The molecule has 0 aliphatic carbocycles. The van der Waals surface area contributed by atoms with Crippen molar-refractivity contribution in [2.75, 3.05) is 34.4 Å². The van der Waals surface area contributed by atoms with E-state index in [9.17, 15) is 0 Å². The van der Waals surface area contributed by atoms with E-state index < -0.39 is 0 Å². The quantitative estimate of drug-likeness (QED) is 0.413. The topological polar surface area (TPSA) is 54.9 Å². The van der Waals surface area contributed by atoms with Gasteiger partial charge in [-0.05, 0) is 31.0 Å². The second kappa shape index (κ2) is 11.6. The summed E-state index contributed by atoms with van der Waals surface area (Å²) in [6.45, 7) is 3.52. The summed E-state index contributed by atoms with van der Waals surface area (Å²) in [4.78, 5) is 4.19. The molecule has 0 aromatic heterocycles. The summed E-state index contributed by atoms with van der Waals surface area (Å²) in [5.74, 6) is 1.68. The second-order valence-electron chi connectivity index (χ2n) is 4.60. The molecule has 1 aromatic carbocycles. The third-order valence-corrected chi connectivity index (χ3v) is 2.86. The van der Waals surface area contributed by atoms with Gasteiger partial charge in [0, 0.05) is 26.7 Å². The summed E-state index contributed by atoms with van der Waals surface area (Å²) in [5, 5.41) is 6.55. The molecule has 0 heterocycles. The zero-order chi connectivity index (χ0) is 14.8. The van der Waals surface area contributed by atoms with E-state index in [1.165, 1.54) is 5.56 Å². The minimum atomic E-state index is 0. The Morgan fingerprint density at radius 3 is 2.71 bits per heavy atom. The van der Waals surface area contributed by atoms with E-state index in [0.29, 0.717) is 6.61 Å². The highest BCUT2D eigenvalue weighted by Crippen LogP contribution is 2.12. The lowest BCUT2D eigenvalue weighted by Crippen LogP contribution is -2.44. The van der Waals surface area contributed by atoms with Crippen LogP contribution in [0.5, 0.6) is 5.75 Å². The molecule has 0 aliphatic rings. The molecule has 1 aromatic rings. The molecule has 0 bridgehead atoms. The van der Waals surface area contributed by atoms with Gasteiger partial charge >= 0.3 is 0 Å². The number of guanidine groups is 1. The first-order chi connectivity index (χ1) is 9.69. The largest absolute Gasteiger partial charge is 0.497 e. The van der Waals surface area contributed by atoms with Gasteiger partial charge in [-0.1, -0.05) is 12.1 Å². The highest BCUT2D eigenvalue weighted by Gasteiger charge is 2.04. The molecule has 1 rings (SSSR count). The van der Waals surface area contributed by atoms with Crippen LogP contribution in [0.25, 0.3) is 0 Å². The Morgan fingerprint density at radius 2 is 2.10 bits per heavy atom. The first kappa shape index (κ1) is 20.0. The van der Waals surface area contributed by atoms with Gasteiger partial charge in [-0.3, -0.25) is 4.99 Å². The van der Waals surface area contributed by atoms with Crippen LogP contribution in [-0.4, -0.2) is 46.4 Å². The molecule has 0 spiro atoms. The fourth-order valence-corrected chi connectivity index (χ4v) is 1.87. The Labute approximate surface area is 144 Å². The first-order valence-electron chi connectivity index (χ1n) is 6.78. The van der Waals surface area contributed by atoms with Crippen molar-refractivity contribution in [3.63, 3.8) is 0 Å². The number of methoxy groups -OCH3 is 2. The molecule has 2 N–H and O–H groups in total. The maximum absolute atomic E-state index is 5.21. The van der Waals surface area contributed by atoms with Gasteiger partial charge < -0.3 is 20.1 Å². The fourth-order valence-electron chi connectivity index (χ4n) is 1.87. The first-order valence-corrected chi connectivity index (χ1v) is 6.78. The van der Waals surface area contributed by atoms with Crippen molar-refractivity contribution in [1.29, 1.82) is 0 Å². The summed E-state index contributed by atoms with van der Waals surface area (Å²) in [7, 11) is 5.14. The van der Waals surface area contributed by atoms with Gasteiger partial charge in [0.1, 0.15) is 5.75 Å². The summed E-state index contributed by atoms with van der Waals surface area (Å²) in [6, 6.07) is 8.31. The lowest BCUT2D eigenvalue weighted by atomic mass is 10.1. The van der Waals surface area contributed by atoms with E-state index in [0.717, 1.165) is 24.7 Å². The average molecular weight is 407 g/mol. The van der Waals surface area contributed by atoms with E-state index in [2.05, 4.69) is 28.6 Å². The molecule has 6 heteroatoms. The van der Waals surface area contributed by atoms with Crippen LogP contribution < -0.4 is 15.4 Å². The van der Waals surface area contributed by atoms with Crippen molar-refractivity contribution in [2.24, 2.45) is 4.99 Å². The molecule has 0 amide bonds. The number of nitrogens with one attached hydrogen (secondary N) is 2. The van der Waals surface area contributed by atoms with Gasteiger partial charge in [0.05, 0.1) is 13.7 Å². The summed E-state index contributed by atoms with van der Waals surface area (Å²) < 4.78 is 10.3. The molecule has 0 aliphatic heterocycles. The molecule has 21 heavy (non-hydrogen) atoms. The smallest absolute Gasteiger partial charge is 0.191 e. The standard InChI is InChI=1S/C15H25N3O2.HI/c1-12(11-19-3)18-15(16-2)17-9-8-13-6-5-7-14(10-13)20-4;/h5-7,10,12H,8-9,11H2,1-4H3,(H2,16,17,18);1H. The van der Waals surface area contributed by atoms with Gasteiger partial charge in [0.2, 0.25) is 0 Å². The second-order valence-corrected chi connectivity index (χ2v) is 4.60. The summed E-state index contributed by atoms with van der Waals surface area (Å²) in [6.07, 6.45) is 0.913. The number of ether oxygens (including phenoxy) is 2. The number of rotatable bonds is 7. The van der Waals surface area contributed by atoms with Crippen LogP contribution in [0.2, 0.25) is 0 Å². The molecule has 0 radical (unpaired) electrons. The van der Waals surface area contributed by atoms with E-state index >= 15 is 0 Å². The number of nitrogens with zero attached hydrogens (tertiary/aromatic N) is 1.